The molecular formula is C17H20ClN3. The summed E-state index contributed by atoms with van der Waals surface area (Å²) in [6.07, 6.45) is 4.70. The molecule has 1 aromatic heterocycles. The highest BCUT2D eigenvalue weighted by molar-refractivity contribution is 6.17. The third kappa shape index (κ3) is 2.49. The smallest absolute Gasteiger partial charge is 0.0936 e. The van der Waals surface area contributed by atoms with Crippen LogP contribution >= 0.6 is 11.6 Å². The van der Waals surface area contributed by atoms with Crippen LogP contribution < -0.4 is 4.90 Å². The molecule has 1 aliphatic carbocycles. The Morgan fingerprint density at radius 3 is 2.76 bits per heavy atom. The molecular weight excluding hydrogens is 282 g/mol. The maximum absolute atomic E-state index is 6.10. The van der Waals surface area contributed by atoms with Gasteiger partial charge >= 0.3 is 0 Å². The fraction of sp³-hybridized carbons (Fsp3) is 0.471. The van der Waals surface area contributed by atoms with E-state index in [-0.39, 0.29) is 0 Å². The van der Waals surface area contributed by atoms with E-state index >= 15 is 0 Å². The van der Waals surface area contributed by atoms with Gasteiger partial charge in [-0.1, -0.05) is 0 Å². The number of hydrogen-bond acceptors (Lipinski definition) is 3. The van der Waals surface area contributed by atoms with E-state index in [9.17, 15) is 0 Å². The molecule has 0 spiro atoms. The first-order valence-electron chi connectivity index (χ1n) is 7.66. The molecule has 21 heavy (non-hydrogen) atoms. The molecule has 1 aliphatic heterocycles. The third-order valence-corrected chi connectivity index (χ3v) is 4.86. The average molecular weight is 302 g/mol. The van der Waals surface area contributed by atoms with Crippen molar-refractivity contribution in [2.45, 2.75) is 24.6 Å². The lowest BCUT2D eigenvalue weighted by molar-refractivity contribution is 0.421. The highest BCUT2D eigenvalue weighted by atomic mass is 35.5. The van der Waals surface area contributed by atoms with E-state index in [1.165, 1.54) is 35.0 Å². The fourth-order valence-corrected chi connectivity index (χ4v) is 3.34. The standard InChI is InChI=1S/C17H20ClN3/c1-20-4-5-21(11-20)16-7-12(9-18)6-14-8-15(13-2-3-13)10-19-17(14)16/h6-8,10,13H,2-5,9,11H2,1H3. The lowest BCUT2D eigenvalue weighted by Gasteiger charge is -2.21. The normalized spacial score (nSPS) is 19.6. The van der Waals surface area contributed by atoms with Crippen LogP contribution in [-0.2, 0) is 5.88 Å². The molecule has 0 atom stereocenters. The van der Waals surface area contributed by atoms with Gasteiger partial charge in [0.2, 0.25) is 0 Å². The van der Waals surface area contributed by atoms with Crippen LogP contribution in [0.15, 0.2) is 24.4 Å². The van der Waals surface area contributed by atoms with Gasteiger partial charge in [-0.05, 0) is 55.1 Å². The SMILES string of the molecule is CN1CCN(c2cc(CCl)cc3cc(C4CC4)cnc23)C1. The van der Waals surface area contributed by atoms with Crippen LogP contribution in [0.25, 0.3) is 10.9 Å². The molecule has 0 bridgehead atoms. The first-order valence-corrected chi connectivity index (χ1v) is 8.20. The molecule has 4 rings (SSSR count). The summed E-state index contributed by atoms with van der Waals surface area (Å²) in [4.78, 5) is 9.52. The number of pyridine rings is 1. The Balaban J connectivity index is 1.83. The first kappa shape index (κ1) is 13.4. The number of likely N-dealkylation sites (N-methyl/N-ethyl adjacent to an activating group) is 1. The van der Waals surface area contributed by atoms with Crippen molar-refractivity contribution in [3.05, 3.63) is 35.5 Å². The second-order valence-electron chi connectivity index (χ2n) is 6.35. The average Bonchev–Trinajstić information content (AvgIpc) is 3.27. The molecule has 0 radical (unpaired) electrons. The van der Waals surface area contributed by atoms with E-state index in [1.54, 1.807) is 0 Å². The molecule has 1 saturated heterocycles. The zero-order chi connectivity index (χ0) is 14.4. The van der Waals surface area contributed by atoms with Crippen molar-refractivity contribution in [2.24, 2.45) is 0 Å². The molecule has 0 unspecified atom stereocenters. The molecule has 4 heteroatoms. The second kappa shape index (κ2) is 5.15. The Labute approximate surface area is 130 Å². The van der Waals surface area contributed by atoms with Gasteiger partial charge in [0.1, 0.15) is 0 Å². The molecule has 2 heterocycles. The number of anilines is 1. The maximum Gasteiger partial charge on any atom is 0.0936 e. The summed E-state index contributed by atoms with van der Waals surface area (Å²) in [5.74, 6) is 1.29. The molecule has 2 fully saturated rings. The van der Waals surface area contributed by atoms with Gasteiger partial charge in [-0.3, -0.25) is 9.88 Å². The van der Waals surface area contributed by atoms with Crippen LogP contribution in [0.4, 0.5) is 5.69 Å². The number of alkyl halides is 1. The van der Waals surface area contributed by atoms with Gasteiger partial charge in [0.05, 0.1) is 17.9 Å². The summed E-state index contributed by atoms with van der Waals surface area (Å²) >= 11 is 6.10. The van der Waals surface area contributed by atoms with Crippen molar-refractivity contribution < 1.29 is 0 Å². The van der Waals surface area contributed by atoms with Crippen LogP contribution in [0.1, 0.15) is 29.9 Å². The van der Waals surface area contributed by atoms with Crippen LogP contribution in [0, 0.1) is 0 Å². The molecule has 1 saturated carbocycles. The predicted molar refractivity (Wildman–Crippen MR) is 88.1 cm³/mol. The molecule has 2 aliphatic rings. The van der Waals surface area contributed by atoms with Crippen molar-refractivity contribution in [2.75, 3.05) is 31.7 Å². The van der Waals surface area contributed by atoms with E-state index < -0.39 is 0 Å². The van der Waals surface area contributed by atoms with Crippen molar-refractivity contribution in [3.8, 4) is 0 Å². The number of hydrogen-bond donors (Lipinski definition) is 0. The zero-order valence-corrected chi connectivity index (χ0v) is 13.1. The largest absolute Gasteiger partial charge is 0.355 e. The van der Waals surface area contributed by atoms with Gasteiger partial charge in [0.15, 0.2) is 0 Å². The van der Waals surface area contributed by atoms with Crippen molar-refractivity contribution >= 4 is 28.2 Å². The molecule has 2 aromatic rings. The van der Waals surface area contributed by atoms with Gasteiger partial charge in [-0.15, -0.1) is 11.6 Å². The Morgan fingerprint density at radius 1 is 1.24 bits per heavy atom. The highest BCUT2D eigenvalue weighted by Gasteiger charge is 2.25. The Morgan fingerprint density at radius 2 is 2.10 bits per heavy atom. The second-order valence-corrected chi connectivity index (χ2v) is 6.62. The lowest BCUT2D eigenvalue weighted by Crippen LogP contribution is -2.22. The fourth-order valence-electron chi connectivity index (χ4n) is 3.19. The van der Waals surface area contributed by atoms with Crippen molar-refractivity contribution in [1.82, 2.24) is 9.88 Å². The van der Waals surface area contributed by atoms with Crippen LogP contribution in [0.3, 0.4) is 0 Å². The minimum Gasteiger partial charge on any atom is -0.355 e. The van der Waals surface area contributed by atoms with Crippen LogP contribution in [0.2, 0.25) is 0 Å². The summed E-state index contributed by atoms with van der Waals surface area (Å²) in [5, 5.41) is 1.24. The monoisotopic (exact) mass is 301 g/mol. The quantitative estimate of drug-likeness (QED) is 0.808. The highest BCUT2D eigenvalue weighted by Crippen LogP contribution is 2.41. The minimum atomic E-state index is 0.556. The predicted octanol–water partition coefficient (Wildman–Crippen LogP) is 3.56. The number of benzene rings is 1. The van der Waals surface area contributed by atoms with Crippen LogP contribution in [-0.4, -0.2) is 36.7 Å². The van der Waals surface area contributed by atoms with Gasteiger partial charge in [-0.25, -0.2) is 0 Å². The first-order chi connectivity index (χ1) is 10.2. The number of rotatable bonds is 3. The molecule has 110 valence electrons. The van der Waals surface area contributed by atoms with E-state index in [0.29, 0.717) is 5.88 Å². The van der Waals surface area contributed by atoms with Gasteiger partial charge in [0, 0.05) is 30.6 Å². The van der Waals surface area contributed by atoms with Crippen LogP contribution in [0.5, 0.6) is 0 Å². The molecule has 3 nitrogen and oxygen atoms in total. The summed E-state index contributed by atoms with van der Waals surface area (Å²) in [6, 6.07) is 6.72. The van der Waals surface area contributed by atoms with Gasteiger partial charge < -0.3 is 4.90 Å². The Kier molecular flexibility index (Phi) is 3.27. The number of fused-ring (bicyclic) bond motifs is 1. The van der Waals surface area contributed by atoms with Gasteiger partial charge in [-0.2, -0.15) is 0 Å². The maximum atomic E-state index is 6.10. The lowest BCUT2D eigenvalue weighted by atomic mass is 10.1. The summed E-state index contributed by atoms with van der Waals surface area (Å²) in [7, 11) is 2.16. The van der Waals surface area contributed by atoms with E-state index in [1.807, 2.05) is 0 Å². The third-order valence-electron chi connectivity index (χ3n) is 4.55. The van der Waals surface area contributed by atoms with E-state index in [2.05, 4.69) is 41.2 Å². The summed E-state index contributed by atoms with van der Waals surface area (Å²) in [5.41, 5.74) is 4.92. The molecule has 1 aromatic carbocycles. The minimum absolute atomic E-state index is 0.556. The topological polar surface area (TPSA) is 19.4 Å². The summed E-state index contributed by atoms with van der Waals surface area (Å²) < 4.78 is 0. The van der Waals surface area contributed by atoms with E-state index in [4.69, 9.17) is 16.6 Å². The number of aromatic nitrogens is 1. The van der Waals surface area contributed by atoms with Gasteiger partial charge in [0.25, 0.3) is 0 Å². The molecule has 0 amide bonds. The Bertz CT molecular complexity index is 681. The van der Waals surface area contributed by atoms with Crippen molar-refractivity contribution in [3.63, 3.8) is 0 Å². The zero-order valence-electron chi connectivity index (χ0n) is 12.3. The van der Waals surface area contributed by atoms with E-state index in [0.717, 1.165) is 31.2 Å². The Hall–Kier alpha value is -1.32. The molecule has 0 N–H and O–H groups in total. The van der Waals surface area contributed by atoms with Crippen molar-refractivity contribution in [1.29, 1.82) is 0 Å². The number of halogens is 1. The summed E-state index contributed by atoms with van der Waals surface area (Å²) in [6.45, 7) is 3.13. The number of nitrogens with zero attached hydrogens (tertiary/aromatic N) is 3.